The van der Waals surface area contributed by atoms with Gasteiger partial charge in [-0.15, -0.1) is 11.8 Å². The first-order valence-electron chi connectivity index (χ1n) is 6.43. The summed E-state index contributed by atoms with van der Waals surface area (Å²) in [5.41, 5.74) is 5.63. The Bertz CT molecular complexity index is 590. The smallest absolute Gasteiger partial charge is 0.105 e. The second-order valence-corrected chi connectivity index (χ2v) is 5.79. The molecule has 0 bridgehead atoms. The van der Waals surface area contributed by atoms with Gasteiger partial charge in [-0.2, -0.15) is 0 Å². The number of aliphatic hydroxyl groups is 1. The molecule has 100 valence electrons. The van der Waals surface area contributed by atoms with Crippen LogP contribution in [0.25, 0.3) is 0 Å². The third kappa shape index (κ3) is 2.85. The van der Waals surface area contributed by atoms with E-state index in [2.05, 4.69) is 39.0 Å². The van der Waals surface area contributed by atoms with Gasteiger partial charge in [0.25, 0.3) is 0 Å². The maximum absolute atomic E-state index is 10.7. The van der Waals surface area contributed by atoms with Crippen molar-refractivity contribution in [2.24, 2.45) is 0 Å². The second kappa shape index (κ2) is 5.81. The maximum atomic E-state index is 10.7. The summed E-state index contributed by atoms with van der Waals surface area (Å²) in [4.78, 5) is 1.13. The summed E-state index contributed by atoms with van der Waals surface area (Å²) in [5.74, 6) is 0. The van der Waals surface area contributed by atoms with E-state index in [1.807, 2.05) is 24.5 Å². The monoisotopic (exact) mass is 272 g/mol. The summed E-state index contributed by atoms with van der Waals surface area (Å²) < 4.78 is 0. The molecule has 0 fully saturated rings. The summed E-state index contributed by atoms with van der Waals surface area (Å²) in [6.45, 7) is 6.26. The highest BCUT2D eigenvalue weighted by Crippen LogP contribution is 2.32. The Morgan fingerprint density at radius 3 is 2.21 bits per heavy atom. The molecule has 0 amide bonds. The fourth-order valence-electron chi connectivity index (χ4n) is 2.34. The van der Waals surface area contributed by atoms with Gasteiger partial charge in [0, 0.05) is 4.90 Å². The van der Waals surface area contributed by atoms with Crippen LogP contribution in [0, 0.1) is 20.8 Å². The average Bonchev–Trinajstić information content (AvgIpc) is 2.42. The van der Waals surface area contributed by atoms with Crippen molar-refractivity contribution < 1.29 is 5.11 Å². The molecule has 0 saturated heterocycles. The van der Waals surface area contributed by atoms with Crippen molar-refractivity contribution in [1.29, 1.82) is 0 Å². The lowest BCUT2D eigenvalue weighted by Gasteiger charge is -2.18. The molecule has 1 nitrogen and oxygen atoms in total. The normalized spacial score (nSPS) is 12.5. The Hall–Kier alpha value is -1.25. The molecule has 0 spiro atoms. The van der Waals surface area contributed by atoms with Crippen molar-refractivity contribution in [3.8, 4) is 0 Å². The van der Waals surface area contributed by atoms with E-state index < -0.39 is 6.10 Å². The molecule has 0 heterocycles. The Morgan fingerprint density at radius 1 is 0.895 bits per heavy atom. The number of aliphatic hydroxyl groups excluding tert-OH is 1. The number of hydrogen-bond acceptors (Lipinski definition) is 2. The Kier molecular flexibility index (Phi) is 4.33. The predicted octanol–water partition coefficient (Wildman–Crippen LogP) is 4.42. The molecule has 0 aliphatic carbocycles. The van der Waals surface area contributed by atoms with E-state index in [9.17, 15) is 5.11 Å². The third-order valence-electron chi connectivity index (χ3n) is 3.61. The molecule has 0 aliphatic heterocycles. The van der Waals surface area contributed by atoms with Crippen molar-refractivity contribution in [3.05, 3.63) is 64.2 Å². The largest absolute Gasteiger partial charge is 0.384 e. The standard InChI is InChI=1S/C17H20OS/c1-11-9-13(3)15(10-12(11)2)17(18)14-7-5-6-8-16(14)19-4/h5-10,17-18H,1-4H3. The van der Waals surface area contributed by atoms with E-state index >= 15 is 0 Å². The quantitative estimate of drug-likeness (QED) is 0.835. The molecule has 0 saturated carbocycles. The van der Waals surface area contributed by atoms with Gasteiger partial charge in [0.2, 0.25) is 0 Å². The number of hydrogen-bond donors (Lipinski definition) is 1. The van der Waals surface area contributed by atoms with Crippen molar-refractivity contribution in [2.75, 3.05) is 6.26 Å². The molecule has 0 aliphatic rings. The van der Waals surface area contributed by atoms with Gasteiger partial charge in [0.05, 0.1) is 0 Å². The Balaban J connectivity index is 2.50. The fourth-order valence-corrected chi connectivity index (χ4v) is 2.97. The average molecular weight is 272 g/mol. The van der Waals surface area contributed by atoms with Crippen LogP contribution in [0.2, 0.25) is 0 Å². The predicted molar refractivity (Wildman–Crippen MR) is 82.9 cm³/mol. The fraction of sp³-hybridized carbons (Fsp3) is 0.294. The first-order valence-corrected chi connectivity index (χ1v) is 7.65. The van der Waals surface area contributed by atoms with Crippen LogP contribution in [-0.2, 0) is 0 Å². The van der Waals surface area contributed by atoms with E-state index in [1.54, 1.807) is 11.8 Å². The van der Waals surface area contributed by atoms with Gasteiger partial charge in [-0.1, -0.05) is 30.3 Å². The molecule has 0 aromatic heterocycles. The first-order chi connectivity index (χ1) is 9.04. The summed E-state index contributed by atoms with van der Waals surface area (Å²) in [6, 6.07) is 12.3. The van der Waals surface area contributed by atoms with Gasteiger partial charge in [0.1, 0.15) is 6.10 Å². The molecule has 1 atom stereocenters. The van der Waals surface area contributed by atoms with E-state index in [0.717, 1.165) is 21.6 Å². The van der Waals surface area contributed by atoms with Crippen LogP contribution in [0.4, 0.5) is 0 Å². The van der Waals surface area contributed by atoms with Crippen LogP contribution in [-0.4, -0.2) is 11.4 Å². The van der Waals surface area contributed by atoms with Crippen LogP contribution < -0.4 is 0 Å². The topological polar surface area (TPSA) is 20.2 Å². The molecule has 2 rings (SSSR count). The highest BCUT2D eigenvalue weighted by molar-refractivity contribution is 7.98. The molecule has 1 N–H and O–H groups in total. The van der Waals surface area contributed by atoms with E-state index in [1.165, 1.54) is 11.1 Å². The summed E-state index contributed by atoms with van der Waals surface area (Å²) in [5, 5.41) is 10.7. The molecule has 2 aromatic carbocycles. The van der Waals surface area contributed by atoms with Gasteiger partial charge in [-0.3, -0.25) is 0 Å². The second-order valence-electron chi connectivity index (χ2n) is 4.94. The number of aryl methyl sites for hydroxylation is 3. The van der Waals surface area contributed by atoms with Gasteiger partial charge in [-0.05, 0) is 60.9 Å². The molecule has 1 unspecified atom stereocenters. The van der Waals surface area contributed by atoms with Gasteiger partial charge >= 0.3 is 0 Å². The minimum absolute atomic E-state index is 0.553. The zero-order valence-corrected chi connectivity index (χ0v) is 12.7. The van der Waals surface area contributed by atoms with Crippen LogP contribution >= 0.6 is 11.8 Å². The van der Waals surface area contributed by atoms with Gasteiger partial charge in [-0.25, -0.2) is 0 Å². The SMILES string of the molecule is CSc1ccccc1C(O)c1cc(C)c(C)cc1C. The Morgan fingerprint density at radius 2 is 1.53 bits per heavy atom. The first kappa shape index (κ1) is 14.2. The lowest BCUT2D eigenvalue weighted by Crippen LogP contribution is -2.04. The zero-order chi connectivity index (χ0) is 14.0. The van der Waals surface area contributed by atoms with Crippen LogP contribution in [0.1, 0.15) is 33.9 Å². The summed E-state index contributed by atoms with van der Waals surface area (Å²) in [7, 11) is 0. The molecule has 19 heavy (non-hydrogen) atoms. The lowest BCUT2D eigenvalue weighted by molar-refractivity contribution is 0.216. The molecule has 2 heteroatoms. The van der Waals surface area contributed by atoms with E-state index in [4.69, 9.17) is 0 Å². The summed E-state index contributed by atoms with van der Waals surface area (Å²) in [6.07, 6.45) is 1.49. The van der Waals surface area contributed by atoms with Crippen molar-refractivity contribution in [1.82, 2.24) is 0 Å². The molecule has 2 aromatic rings. The Labute approximate surface area is 119 Å². The third-order valence-corrected chi connectivity index (χ3v) is 4.42. The summed E-state index contributed by atoms with van der Waals surface area (Å²) >= 11 is 1.67. The lowest BCUT2D eigenvalue weighted by atomic mass is 9.93. The molecular weight excluding hydrogens is 252 g/mol. The highest BCUT2D eigenvalue weighted by atomic mass is 32.2. The van der Waals surface area contributed by atoms with Crippen molar-refractivity contribution in [2.45, 2.75) is 31.8 Å². The zero-order valence-electron chi connectivity index (χ0n) is 11.9. The van der Waals surface area contributed by atoms with Gasteiger partial charge < -0.3 is 5.11 Å². The highest BCUT2D eigenvalue weighted by Gasteiger charge is 2.16. The van der Waals surface area contributed by atoms with E-state index in [-0.39, 0.29) is 0 Å². The maximum Gasteiger partial charge on any atom is 0.105 e. The minimum atomic E-state index is -0.553. The minimum Gasteiger partial charge on any atom is -0.384 e. The number of benzene rings is 2. The van der Waals surface area contributed by atoms with E-state index in [0.29, 0.717) is 0 Å². The van der Waals surface area contributed by atoms with Crippen LogP contribution in [0.15, 0.2) is 41.3 Å². The molecular formula is C17H20OS. The molecule has 0 radical (unpaired) electrons. The number of rotatable bonds is 3. The van der Waals surface area contributed by atoms with Gasteiger partial charge in [0.15, 0.2) is 0 Å². The van der Waals surface area contributed by atoms with Crippen molar-refractivity contribution in [3.63, 3.8) is 0 Å². The number of thioether (sulfide) groups is 1. The van der Waals surface area contributed by atoms with Crippen LogP contribution in [0.3, 0.4) is 0 Å². The van der Waals surface area contributed by atoms with Crippen LogP contribution in [0.5, 0.6) is 0 Å². The van der Waals surface area contributed by atoms with Crippen molar-refractivity contribution >= 4 is 11.8 Å².